The second-order valence-electron chi connectivity index (χ2n) is 10.00. The number of aromatic nitrogens is 4. The first-order chi connectivity index (χ1) is 19.0. The number of aryl methyl sites for hydroxylation is 2. The van der Waals surface area contributed by atoms with Gasteiger partial charge in [-0.2, -0.15) is 5.10 Å². The summed E-state index contributed by atoms with van der Waals surface area (Å²) < 4.78 is 3.63. The zero-order chi connectivity index (χ0) is 27.2. The number of amides is 2. The Balaban J connectivity index is 1.27. The van der Waals surface area contributed by atoms with Crippen molar-refractivity contribution in [2.45, 2.75) is 38.1 Å². The van der Waals surface area contributed by atoms with Crippen LogP contribution in [0.3, 0.4) is 0 Å². The number of carbonyl (C=O) groups is 2. The molecule has 4 aromatic rings. The van der Waals surface area contributed by atoms with Gasteiger partial charge in [0.1, 0.15) is 0 Å². The lowest BCUT2D eigenvalue weighted by molar-refractivity contribution is -0.132. The van der Waals surface area contributed by atoms with Gasteiger partial charge in [-0.1, -0.05) is 30.3 Å². The number of hydrogen-bond donors (Lipinski definition) is 2. The normalized spacial score (nSPS) is 13.9. The van der Waals surface area contributed by atoms with Gasteiger partial charge in [0.2, 0.25) is 11.9 Å². The van der Waals surface area contributed by atoms with E-state index >= 15 is 0 Å². The van der Waals surface area contributed by atoms with Gasteiger partial charge in [0, 0.05) is 61.8 Å². The highest BCUT2D eigenvalue weighted by Crippen LogP contribution is 2.22. The van der Waals surface area contributed by atoms with Gasteiger partial charge in [0.25, 0.3) is 5.91 Å². The fourth-order valence-electron chi connectivity index (χ4n) is 5.00. The molecule has 1 saturated heterocycles. The standard InChI is InChI=1S/C30H35N7O2/c1-31-25-14-16-36(17-15-25)28(38)13-7-10-26-21-37(27-11-4-3-5-12-27)30(33-26)34-29(39)23-9-6-8-22(18-23)24-19-32-35(2)20-24/h3-6,8-9,11-12,18-21,25,31H,7,10,13-17H2,1-2H3,(H,33,34,39). The second-order valence-corrected chi connectivity index (χ2v) is 10.00. The van der Waals surface area contributed by atoms with E-state index < -0.39 is 0 Å². The number of anilines is 1. The highest BCUT2D eigenvalue weighted by molar-refractivity contribution is 6.04. The van der Waals surface area contributed by atoms with Gasteiger partial charge in [0.05, 0.1) is 11.9 Å². The van der Waals surface area contributed by atoms with Crippen molar-refractivity contribution in [1.29, 1.82) is 0 Å². The molecule has 0 unspecified atom stereocenters. The predicted molar refractivity (Wildman–Crippen MR) is 152 cm³/mol. The lowest BCUT2D eigenvalue weighted by Crippen LogP contribution is -2.43. The number of likely N-dealkylation sites (tertiary alicyclic amines) is 1. The molecule has 202 valence electrons. The SMILES string of the molecule is CNC1CCN(C(=O)CCCc2cn(-c3ccccc3)c(NC(=O)c3cccc(-c4cnn(C)c4)c3)n2)CC1. The summed E-state index contributed by atoms with van der Waals surface area (Å²) in [6, 6.07) is 17.8. The molecule has 0 spiro atoms. The zero-order valence-electron chi connectivity index (χ0n) is 22.5. The molecule has 2 aromatic heterocycles. The van der Waals surface area contributed by atoms with Gasteiger partial charge in [-0.3, -0.25) is 24.2 Å². The Labute approximate surface area is 228 Å². The van der Waals surface area contributed by atoms with Crippen molar-refractivity contribution in [2.24, 2.45) is 7.05 Å². The Bertz CT molecular complexity index is 1420. The smallest absolute Gasteiger partial charge is 0.258 e. The zero-order valence-corrected chi connectivity index (χ0v) is 22.5. The number of hydrogen-bond acceptors (Lipinski definition) is 5. The first-order valence-corrected chi connectivity index (χ1v) is 13.5. The monoisotopic (exact) mass is 525 g/mol. The first-order valence-electron chi connectivity index (χ1n) is 13.5. The fourth-order valence-corrected chi connectivity index (χ4v) is 5.00. The molecule has 0 bridgehead atoms. The molecule has 2 N–H and O–H groups in total. The van der Waals surface area contributed by atoms with Crippen molar-refractivity contribution >= 4 is 17.8 Å². The van der Waals surface area contributed by atoms with Crippen molar-refractivity contribution in [3.8, 4) is 16.8 Å². The van der Waals surface area contributed by atoms with Crippen LogP contribution in [0, 0.1) is 0 Å². The van der Waals surface area contributed by atoms with Crippen molar-refractivity contribution in [3.63, 3.8) is 0 Å². The molecule has 1 aliphatic heterocycles. The summed E-state index contributed by atoms with van der Waals surface area (Å²) in [5, 5.41) is 10.5. The largest absolute Gasteiger partial charge is 0.343 e. The number of carbonyl (C=O) groups excluding carboxylic acids is 2. The minimum Gasteiger partial charge on any atom is -0.343 e. The summed E-state index contributed by atoms with van der Waals surface area (Å²) in [7, 11) is 3.84. The summed E-state index contributed by atoms with van der Waals surface area (Å²) in [4.78, 5) is 32.7. The van der Waals surface area contributed by atoms with E-state index in [1.165, 1.54) is 0 Å². The quantitative estimate of drug-likeness (QED) is 0.344. The number of nitrogens with zero attached hydrogens (tertiary/aromatic N) is 5. The summed E-state index contributed by atoms with van der Waals surface area (Å²) in [5.41, 5.74) is 4.14. The maximum Gasteiger partial charge on any atom is 0.258 e. The Morgan fingerprint density at radius 3 is 2.51 bits per heavy atom. The summed E-state index contributed by atoms with van der Waals surface area (Å²) in [6.07, 6.45) is 9.48. The van der Waals surface area contributed by atoms with E-state index in [2.05, 4.69) is 15.7 Å². The van der Waals surface area contributed by atoms with E-state index in [0.717, 1.165) is 48.4 Å². The number of para-hydroxylation sites is 1. The molecule has 5 rings (SSSR count). The minimum atomic E-state index is -0.241. The Morgan fingerprint density at radius 2 is 1.79 bits per heavy atom. The Hall–Kier alpha value is -4.24. The van der Waals surface area contributed by atoms with Crippen LogP contribution in [0.15, 0.2) is 73.2 Å². The molecular formula is C30H35N7O2. The molecule has 1 fully saturated rings. The van der Waals surface area contributed by atoms with E-state index in [9.17, 15) is 9.59 Å². The fraction of sp³-hybridized carbons (Fsp3) is 0.333. The van der Waals surface area contributed by atoms with Crippen LogP contribution in [-0.2, 0) is 18.3 Å². The molecule has 0 saturated carbocycles. The highest BCUT2D eigenvalue weighted by atomic mass is 16.2. The van der Waals surface area contributed by atoms with Gasteiger partial charge in [-0.15, -0.1) is 0 Å². The van der Waals surface area contributed by atoms with Crippen molar-refractivity contribution < 1.29 is 9.59 Å². The number of imidazole rings is 1. The molecule has 0 atom stereocenters. The molecule has 2 amide bonds. The van der Waals surface area contributed by atoms with E-state index in [4.69, 9.17) is 4.98 Å². The average Bonchev–Trinajstić information content (AvgIpc) is 3.59. The van der Waals surface area contributed by atoms with E-state index in [-0.39, 0.29) is 11.8 Å². The molecule has 3 heterocycles. The first kappa shape index (κ1) is 26.4. The minimum absolute atomic E-state index is 0.203. The number of nitrogens with one attached hydrogen (secondary N) is 2. The maximum absolute atomic E-state index is 13.3. The van der Waals surface area contributed by atoms with E-state index in [0.29, 0.717) is 36.8 Å². The van der Waals surface area contributed by atoms with Gasteiger partial charge in [-0.05, 0) is 62.6 Å². The van der Waals surface area contributed by atoms with E-state index in [1.807, 2.05) is 84.5 Å². The van der Waals surface area contributed by atoms with Crippen LogP contribution in [0.5, 0.6) is 0 Å². The summed E-state index contributed by atoms with van der Waals surface area (Å²) >= 11 is 0. The topological polar surface area (TPSA) is 97.1 Å². The van der Waals surface area contributed by atoms with E-state index in [1.54, 1.807) is 16.9 Å². The Kier molecular flexibility index (Phi) is 8.17. The summed E-state index contributed by atoms with van der Waals surface area (Å²) in [5.74, 6) is 0.415. The molecule has 9 heteroatoms. The lowest BCUT2D eigenvalue weighted by Gasteiger charge is -2.31. The highest BCUT2D eigenvalue weighted by Gasteiger charge is 2.21. The number of piperidine rings is 1. The molecule has 1 aliphatic rings. The van der Waals surface area contributed by atoms with Crippen LogP contribution in [0.25, 0.3) is 16.8 Å². The van der Waals surface area contributed by atoms with Gasteiger partial charge in [-0.25, -0.2) is 4.98 Å². The summed E-state index contributed by atoms with van der Waals surface area (Å²) in [6.45, 7) is 1.62. The van der Waals surface area contributed by atoms with Crippen LogP contribution < -0.4 is 10.6 Å². The van der Waals surface area contributed by atoms with Gasteiger partial charge < -0.3 is 10.2 Å². The van der Waals surface area contributed by atoms with Crippen molar-refractivity contribution in [3.05, 3.63) is 84.4 Å². The van der Waals surface area contributed by atoms with Crippen molar-refractivity contribution in [2.75, 3.05) is 25.5 Å². The molecule has 0 aliphatic carbocycles. The van der Waals surface area contributed by atoms with Crippen LogP contribution in [0.1, 0.15) is 41.7 Å². The predicted octanol–water partition coefficient (Wildman–Crippen LogP) is 4.06. The third-order valence-electron chi connectivity index (χ3n) is 7.26. The molecule has 2 aromatic carbocycles. The average molecular weight is 526 g/mol. The molecule has 9 nitrogen and oxygen atoms in total. The second kappa shape index (κ2) is 12.1. The van der Waals surface area contributed by atoms with Gasteiger partial charge in [0.15, 0.2) is 0 Å². The van der Waals surface area contributed by atoms with Crippen molar-refractivity contribution in [1.82, 2.24) is 29.5 Å². The third kappa shape index (κ3) is 6.43. The van der Waals surface area contributed by atoms with Crippen LogP contribution in [0.2, 0.25) is 0 Å². The number of rotatable bonds is 9. The van der Waals surface area contributed by atoms with Crippen LogP contribution >= 0.6 is 0 Å². The molecule has 39 heavy (non-hydrogen) atoms. The lowest BCUT2D eigenvalue weighted by atomic mass is 10.0. The van der Waals surface area contributed by atoms with Crippen LogP contribution in [0.4, 0.5) is 5.95 Å². The molecule has 0 radical (unpaired) electrons. The third-order valence-corrected chi connectivity index (χ3v) is 7.26. The Morgan fingerprint density at radius 1 is 1.00 bits per heavy atom. The maximum atomic E-state index is 13.3. The van der Waals surface area contributed by atoms with Gasteiger partial charge >= 0.3 is 0 Å². The van der Waals surface area contributed by atoms with Crippen LogP contribution in [-0.4, -0.2) is 62.2 Å². The number of benzene rings is 2. The molecular weight excluding hydrogens is 490 g/mol.